The number of hydrogen-bond donors (Lipinski definition) is 1. The summed E-state index contributed by atoms with van der Waals surface area (Å²) in [4.78, 5) is 0. The molecule has 3 heteroatoms. The van der Waals surface area contributed by atoms with Crippen LogP contribution in [-0.4, -0.2) is 11.7 Å². The van der Waals surface area contributed by atoms with Gasteiger partial charge in [-0.05, 0) is 0 Å². The average Bonchev–Trinajstić information content (AvgIpc) is 2.70. The van der Waals surface area contributed by atoms with E-state index in [1.54, 1.807) is 5.56 Å². The molecule has 0 radical (unpaired) electrons. The number of hydrogen-bond acceptors (Lipinski definition) is 1. The molecular formula is C17H29NSiTi. The van der Waals surface area contributed by atoms with E-state index in [1.165, 1.54) is 5.56 Å². The van der Waals surface area contributed by atoms with Gasteiger partial charge in [0.15, 0.2) is 0 Å². The van der Waals surface area contributed by atoms with Gasteiger partial charge >= 0.3 is 126 Å². The summed E-state index contributed by atoms with van der Waals surface area (Å²) in [6.07, 6.45) is 4.42. The van der Waals surface area contributed by atoms with Gasteiger partial charge in [-0.15, -0.1) is 0 Å². The van der Waals surface area contributed by atoms with E-state index < -0.39 is 20.5 Å². The van der Waals surface area contributed by atoms with Crippen molar-refractivity contribution in [3.05, 3.63) is 41.5 Å². The molecule has 1 aliphatic rings. The fraction of sp³-hybridized carbons (Fsp3) is 0.529. The molecule has 1 aliphatic carbocycles. The molecule has 0 saturated heterocycles. The van der Waals surface area contributed by atoms with E-state index in [2.05, 4.69) is 84.5 Å². The normalized spacial score (nSPS) is 19.1. The zero-order valence-electron chi connectivity index (χ0n) is 14.0. The van der Waals surface area contributed by atoms with Crippen molar-refractivity contribution < 1.29 is 14.3 Å². The van der Waals surface area contributed by atoms with Crippen molar-refractivity contribution in [1.29, 1.82) is 0 Å². The van der Waals surface area contributed by atoms with Gasteiger partial charge in [0, 0.05) is 0 Å². The van der Waals surface area contributed by atoms with E-state index in [4.69, 9.17) is 0 Å². The monoisotopic (exact) mass is 323 g/mol. The van der Waals surface area contributed by atoms with Gasteiger partial charge in [-0.2, -0.15) is 0 Å². The summed E-state index contributed by atoms with van der Waals surface area (Å²) in [5, 5.41) is 5.24. The first-order valence-corrected chi connectivity index (χ1v) is 17.3. The Morgan fingerprint density at radius 2 is 1.70 bits per heavy atom. The second-order valence-corrected chi connectivity index (χ2v) is 30.5. The van der Waals surface area contributed by atoms with E-state index in [-0.39, 0.29) is 5.54 Å². The standard InChI is InChI=1S/C9H7.C4H10N.C2H6Si.2CH3.Ti/c1-2-5-9-7-3-6-8(9)4-1;1-4(2,3)5;1-3-2;;;/h1-7H;5H,1-3H3;1-2H3;2*1H3;/q;-1;;;;+1. The van der Waals surface area contributed by atoms with Crippen molar-refractivity contribution in [1.82, 2.24) is 3.80 Å². The average molecular weight is 323 g/mol. The van der Waals surface area contributed by atoms with Gasteiger partial charge < -0.3 is 0 Å². The molecule has 1 aromatic rings. The molecule has 1 unspecified atom stereocenters. The molecule has 0 fully saturated rings. The van der Waals surface area contributed by atoms with E-state index in [1.807, 2.05) is 0 Å². The first kappa shape index (κ1) is 16.2. The Labute approximate surface area is 125 Å². The molecule has 2 rings (SSSR count). The Balaban J connectivity index is 2.64. The topological polar surface area (TPSA) is 12.0 Å². The summed E-state index contributed by atoms with van der Waals surface area (Å²) in [5.41, 5.74) is 3.17. The number of allylic oxidation sites excluding steroid dienone is 1. The zero-order valence-corrected chi connectivity index (χ0v) is 16.6. The predicted molar refractivity (Wildman–Crippen MR) is 90.3 cm³/mol. The SMILES string of the molecule is C[Si](C)=[Ti]([CH3])([CH3])([NH]C(C)(C)C)[CH]1C=Cc2ccccc21. The van der Waals surface area contributed by atoms with Crippen LogP contribution in [0.2, 0.25) is 23.6 Å². The molecule has 20 heavy (non-hydrogen) atoms. The minimum atomic E-state index is -2.81. The molecule has 1 aromatic carbocycles. The molecule has 0 saturated carbocycles. The van der Waals surface area contributed by atoms with Crippen LogP contribution in [0.15, 0.2) is 30.3 Å². The fourth-order valence-corrected chi connectivity index (χ4v) is 18.0. The summed E-state index contributed by atoms with van der Waals surface area (Å²) < 4.78 is 4.81. The number of rotatable bonds is 2. The van der Waals surface area contributed by atoms with E-state index in [0.717, 1.165) is 0 Å². The maximum atomic E-state index is 4.18. The van der Waals surface area contributed by atoms with Gasteiger partial charge in [-0.1, -0.05) is 0 Å². The molecular weight excluding hydrogens is 294 g/mol. The minimum absolute atomic E-state index is 0.189. The fourth-order valence-electron chi connectivity index (χ4n) is 3.67. The van der Waals surface area contributed by atoms with Crippen molar-refractivity contribution >= 4 is 12.3 Å². The van der Waals surface area contributed by atoms with Crippen LogP contribution in [-0.2, 0) is 14.3 Å². The molecule has 1 N–H and O–H groups in total. The molecule has 0 spiro atoms. The van der Waals surface area contributed by atoms with Crippen molar-refractivity contribution in [2.75, 3.05) is 0 Å². The summed E-state index contributed by atoms with van der Waals surface area (Å²) in [6, 6.07) is 8.94. The molecule has 110 valence electrons. The summed E-state index contributed by atoms with van der Waals surface area (Å²) >= 11 is -2.81. The molecule has 1 atom stereocenters. The van der Waals surface area contributed by atoms with Crippen LogP contribution in [0.25, 0.3) is 6.08 Å². The summed E-state index contributed by atoms with van der Waals surface area (Å²) in [6.45, 7) is 12.0. The molecule has 1 nitrogen and oxygen atoms in total. The summed E-state index contributed by atoms with van der Waals surface area (Å²) in [7, 11) is 0. The Bertz CT molecular complexity index is 625. The van der Waals surface area contributed by atoms with E-state index >= 15 is 0 Å². The second-order valence-electron chi connectivity index (χ2n) is 8.33. The third kappa shape index (κ3) is 2.76. The van der Waals surface area contributed by atoms with Crippen LogP contribution < -0.4 is 3.80 Å². The molecule has 0 aliphatic heterocycles. The Hall–Kier alpha value is -0.149. The Kier molecular flexibility index (Phi) is 4.01. The first-order valence-electron chi connectivity index (χ1n) is 7.61. The van der Waals surface area contributed by atoms with Crippen LogP contribution in [0.4, 0.5) is 0 Å². The van der Waals surface area contributed by atoms with Gasteiger partial charge in [0.25, 0.3) is 0 Å². The third-order valence-corrected chi connectivity index (χ3v) is 30.4. The Morgan fingerprint density at radius 3 is 2.25 bits per heavy atom. The number of benzene rings is 1. The second kappa shape index (κ2) is 4.95. The number of fused-ring (bicyclic) bond motifs is 1. The van der Waals surface area contributed by atoms with Crippen molar-refractivity contribution in [2.24, 2.45) is 0 Å². The van der Waals surface area contributed by atoms with Crippen LogP contribution in [0.1, 0.15) is 36.1 Å². The molecule has 0 amide bonds. The molecule has 0 aromatic heterocycles. The van der Waals surface area contributed by atoms with Gasteiger partial charge in [0.1, 0.15) is 0 Å². The Morgan fingerprint density at radius 1 is 1.10 bits per heavy atom. The summed E-state index contributed by atoms with van der Waals surface area (Å²) in [5.74, 6) is 0. The van der Waals surface area contributed by atoms with E-state index in [9.17, 15) is 0 Å². The predicted octanol–water partition coefficient (Wildman–Crippen LogP) is 5.09. The van der Waals surface area contributed by atoms with Gasteiger partial charge in [-0.3, -0.25) is 0 Å². The van der Waals surface area contributed by atoms with Crippen molar-refractivity contribution in [2.45, 2.75) is 54.1 Å². The zero-order chi connectivity index (χ0) is 15.2. The van der Waals surface area contributed by atoms with Gasteiger partial charge in [0.2, 0.25) is 0 Å². The molecule has 0 bridgehead atoms. The third-order valence-electron chi connectivity index (χ3n) is 5.03. The first-order chi connectivity index (χ1) is 9.03. The van der Waals surface area contributed by atoms with Crippen LogP contribution in [0.5, 0.6) is 0 Å². The number of nitrogens with one attached hydrogen (secondary N) is 1. The van der Waals surface area contributed by atoms with Crippen LogP contribution in [0, 0.1) is 0 Å². The maximum absolute atomic E-state index is 4.18. The van der Waals surface area contributed by atoms with E-state index in [0.29, 0.717) is 4.22 Å². The van der Waals surface area contributed by atoms with Gasteiger partial charge in [-0.25, -0.2) is 0 Å². The van der Waals surface area contributed by atoms with Crippen LogP contribution >= 0.6 is 0 Å². The van der Waals surface area contributed by atoms with Gasteiger partial charge in [0.05, 0.1) is 0 Å². The van der Waals surface area contributed by atoms with Crippen molar-refractivity contribution in [3.63, 3.8) is 0 Å². The van der Waals surface area contributed by atoms with Crippen LogP contribution in [0.3, 0.4) is 0 Å². The quantitative estimate of drug-likeness (QED) is 0.747. The molecule has 0 heterocycles. The van der Waals surface area contributed by atoms with Crippen molar-refractivity contribution in [3.8, 4) is 0 Å².